The molecule has 2 atom stereocenters. The summed E-state index contributed by atoms with van der Waals surface area (Å²) >= 11 is 0. The molecule has 1 saturated carbocycles. The average molecular weight is 546 g/mol. The Labute approximate surface area is 226 Å². The third-order valence-corrected chi connectivity index (χ3v) is 8.99. The van der Waals surface area contributed by atoms with Crippen LogP contribution >= 0.6 is 0 Å². The molecule has 3 heterocycles. The van der Waals surface area contributed by atoms with Gasteiger partial charge in [0, 0.05) is 24.0 Å². The number of carboxylic acids is 1. The maximum absolute atomic E-state index is 14.0. The lowest BCUT2D eigenvalue weighted by Gasteiger charge is -2.41. The second kappa shape index (κ2) is 10.4. The first-order valence-corrected chi connectivity index (χ1v) is 13.5. The van der Waals surface area contributed by atoms with Crippen LogP contribution in [0.3, 0.4) is 0 Å². The van der Waals surface area contributed by atoms with Crippen molar-refractivity contribution in [2.45, 2.75) is 70.6 Å². The minimum atomic E-state index is -4.46. The molecule has 0 unspecified atom stereocenters. The lowest BCUT2D eigenvalue weighted by molar-refractivity contribution is -0.150. The molecule has 39 heavy (non-hydrogen) atoms. The molecule has 5 rings (SSSR count). The summed E-state index contributed by atoms with van der Waals surface area (Å²) in [6, 6.07) is 5.39. The van der Waals surface area contributed by atoms with Crippen LogP contribution in [0.15, 0.2) is 36.7 Å². The second-order valence-electron chi connectivity index (χ2n) is 11.4. The van der Waals surface area contributed by atoms with E-state index in [9.17, 15) is 27.9 Å². The summed E-state index contributed by atoms with van der Waals surface area (Å²) in [7, 11) is 0. The van der Waals surface area contributed by atoms with E-state index in [1.54, 1.807) is 17.2 Å². The molecule has 0 bridgehead atoms. The molecule has 210 valence electrons. The molecule has 7 nitrogen and oxygen atoms in total. The van der Waals surface area contributed by atoms with E-state index in [0.717, 1.165) is 56.5 Å². The van der Waals surface area contributed by atoms with Crippen molar-refractivity contribution in [1.29, 1.82) is 0 Å². The highest BCUT2D eigenvalue weighted by atomic mass is 19.4. The quantitative estimate of drug-likeness (QED) is 0.531. The number of likely N-dealkylation sites (tertiary alicyclic amines) is 1. The number of amides is 1. The number of rotatable bonds is 5. The van der Waals surface area contributed by atoms with Crippen LogP contribution in [0, 0.1) is 11.3 Å². The van der Waals surface area contributed by atoms with E-state index in [-0.39, 0.29) is 42.6 Å². The molecule has 1 aliphatic carbocycles. The third-order valence-electron chi connectivity index (χ3n) is 8.99. The van der Waals surface area contributed by atoms with Gasteiger partial charge >= 0.3 is 12.1 Å². The molecule has 1 N–H and O–H groups in total. The number of carbonyl (C=O) groups is 2. The third kappa shape index (κ3) is 5.35. The fraction of sp³-hybridized carbons (Fsp3) is 0.552. The van der Waals surface area contributed by atoms with Crippen LogP contribution in [-0.4, -0.2) is 57.6 Å². The number of hydrogen-bond donors (Lipinski definition) is 1. The molecule has 0 spiro atoms. The van der Waals surface area contributed by atoms with Gasteiger partial charge in [-0.2, -0.15) is 13.2 Å². The van der Waals surface area contributed by atoms with Crippen molar-refractivity contribution in [3.63, 3.8) is 0 Å². The van der Waals surface area contributed by atoms with Gasteiger partial charge in [0.2, 0.25) is 5.91 Å². The lowest BCUT2D eigenvalue weighted by Crippen LogP contribution is -2.49. The largest absolute Gasteiger partial charge is 0.478 e. The zero-order valence-corrected chi connectivity index (χ0v) is 22.2. The van der Waals surface area contributed by atoms with Crippen LogP contribution < -0.4 is 4.74 Å². The Balaban J connectivity index is 1.25. The summed E-state index contributed by atoms with van der Waals surface area (Å²) < 4.78 is 45.5. The molecule has 1 aromatic carbocycles. The Hall–Kier alpha value is -3.14. The standard InChI is InChI=1S/C29H34F3N3O4/c1-18(2)28(27(38)35-16-22-12-23(29(30,31)32)3-4-25(22)39-17-35)8-5-24(13-28)34-9-6-19(7-10-34)20-11-21(26(36)37)15-33-14-20/h3-4,11-12,14-15,18-19,24H,5-10,13,16-17H2,1-2H3,(H,36,37)/t24-,28+/m1/s1. The van der Waals surface area contributed by atoms with E-state index in [0.29, 0.717) is 17.7 Å². The van der Waals surface area contributed by atoms with Crippen molar-refractivity contribution in [2.75, 3.05) is 19.8 Å². The SMILES string of the molecule is CC(C)[C@]1(C(=O)N2COc3ccc(C(F)(F)F)cc3C2)CC[C@@H](N2CCC(c3cncc(C(=O)O)c3)CC2)C1. The number of alkyl halides is 3. The van der Waals surface area contributed by atoms with E-state index in [4.69, 9.17) is 4.74 Å². The summed E-state index contributed by atoms with van der Waals surface area (Å²) in [4.78, 5) is 33.4. The maximum Gasteiger partial charge on any atom is 0.416 e. The van der Waals surface area contributed by atoms with E-state index >= 15 is 0 Å². The molecule has 2 fully saturated rings. The Morgan fingerprint density at radius 1 is 1.13 bits per heavy atom. The number of aromatic carboxylic acids is 1. The number of carbonyl (C=O) groups excluding carboxylic acids is 1. The van der Waals surface area contributed by atoms with Gasteiger partial charge in [0.05, 0.1) is 23.1 Å². The van der Waals surface area contributed by atoms with Gasteiger partial charge in [-0.15, -0.1) is 0 Å². The monoisotopic (exact) mass is 545 g/mol. The molecule has 1 amide bonds. The number of aromatic nitrogens is 1. The minimum absolute atomic E-state index is 0.0329. The van der Waals surface area contributed by atoms with Crippen molar-refractivity contribution in [3.05, 3.63) is 58.9 Å². The number of pyridine rings is 1. The molecule has 2 aliphatic heterocycles. The van der Waals surface area contributed by atoms with Crippen LogP contribution in [0.25, 0.3) is 0 Å². The van der Waals surface area contributed by atoms with E-state index in [2.05, 4.69) is 23.7 Å². The lowest BCUT2D eigenvalue weighted by atomic mass is 9.74. The van der Waals surface area contributed by atoms with Crippen LogP contribution in [0.1, 0.15) is 78.9 Å². The normalized spacial score (nSPS) is 24.5. The second-order valence-corrected chi connectivity index (χ2v) is 11.4. The van der Waals surface area contributed by atoms with Gasteiger partial charge in [-0.3, -0.25) is 9.78 Å². The van der Waals surface area contributed by atoms with Gasteiger partial charge < -0.3 is 19.6 Å². The fourth-order valence-electron chi connectivity index (χ4n) is 6.59. The molecular weight excluding hydrogens is 511 g/mol. The molecule has 10 heteroatoms. The molecule has 1 saturated heterocycles. The summed E-state index contributed by atoms with van der Waals surface area (Å²) in [5, 5.41) is 9.29. The number of carboxylic acid groups (broad SMARTS) is 1. The van der Waals surface area contributed by atoms with E-state index in [1.807, 2.05) is 0 Å². The number of ether oxygens (including phenoxy) is 1. The summed E-state index contributed by atoms with van der Waals surface area (Å²) in [6.07, 6.45) is 2.76. The smallest absolute Gasteiger partial charge is 0.416 e. The first kappa shape index (κ1) is 27.4. The first-order valence-electron chi connectivity index (χ1n) is 13.5. The molecule has 2 aromatic rings. The summed E-state index contributed by atoms with van der Waals surface area (Å²) in [5.41, 5.74) is 0.189. The number of nitrogens with zero attached hydrogens (tertiary/aromatic N) is 3. The van der Waals surface area contributed by atoms with Gasteiger partial charge in [0.25, 0.3) is 0 Å². The van der Waals surface area contributed by atoms with Crippen molar-refractivity contribution in [1.82, 2.24) is 14.8 Å². The van der Waals surface area contributed by atoms with E-state index < -0.39 is 23.1 Å². The summed E-state index contributed by atoms with van der Waals surface area (Å²) in [5.74, 6) is -0.319. The van der Waals surface area contributed by atoms with Crippen LogP contribution in [0.4, 0.5) is 13.2 Å². The van der Waals surface area contributed by atoms with Crippen molar-refractivity contribution in [2.24, 2.45) is 11.3 Å². The Bertz CT molecular complexity index is 1240. The zero-order chi connectivity index (χ0) is 27.9. The van der Waals surface area contributed by atoms with Gasteiger partial charge in [-0.05, 0) is 86.9 Å². The fourth-order valence-corrected chi connectivity index (χ4v) is 6.59. The first-order chi connectivity index (χ1) is 18.5. The van der Waals surface area contributed by atoms with Crippen LogP contribution in [0.2, 0.25) is 0 Å². The van der Waals surface area contributed by atoms with Crippen molar-refractivity contribution in [3.8, 4) is 5.75 Å². The van der Waals surface area contributed by atoms with Crippen molar-refractivity contribution >= 4 is 11.9 Å². The number of halogens is 3. The van der Waals surface area contributed by atoms with Gasteiger partial charge in [-0.25, -0.2) is 4.79 Å². The highest BCUT2D eigenvalue weighted by Crippen LogP contribution is 2.49. The van der Waals surface area contributed by atoms with Gasteiger partial charge in [0.1, 0.15) is 5.75 Å². The van der Waals surface area contributed by atoms with Crippen LogP contribution in [-0.2, 0) is 17.5 Å². The number of fused-ring (bicyclic) bond motifs is 1. The maximum atomic E-state index is 14.0. The van der Waals surface area contributed by atoms with Crippen LogP contribution in [0.5, 0.6) is 5.75 Å². The van der Waals surface area contributed by atoms with Gasteiger partial charge in [0.15, 0.2) is 6.73 Å². The zero-order valence-electron chi connectivity index (χ0n) is 22.2. The minimum Gasteiger partial charge on any atom is -0.478 e. The number of piperidine rings is 1. The predicted octanol–water partition coefficient (Wildman–Crippen LogP) is 5.55. The van der Waals surface area contributed by atoms with Gasteiger partial charge in [-0.1, -0.05) is 13.8 Å². The molecule has 3 aliphatic rings. The topological polar surface area (TPSA) is 83.0 Å². The molecule has 0 radical (unpaired) electrons. The van der Waals surface area contributed by atoms with E-state index in [1.165, 1.54) is 12.3 Å². The average Bonchev–Trinajstić information content (AvgIpc) is 3.39. The predicted molar refractivity (Wildman–Crippen MR) is 137 cm³/mol. The molecular formula is C29H34F3N3O4. The summed E-state index contributed by atoms with van der Waals surface area (Å²) in [6.45, 7) is 5.95. The van der Waals surface area contributed by atoms with Crippen molar-refractivity contribution < 1.29 is 32.6 Å². The highest BCUT2D eigenvalue weighted by Gasteiger charge is 2.51. The molecule has 1 aromatic heterocycles. The Morgan fingerprint density at radius 3 is 2.54 bits per heavy atom. The number of hydrogen-bond acceptors (Lipinski definition) is 5. The Kier molecular flexibility index (Phi) is 7.35. The Morgan fingerprint density at radius 2 is 1.87 bits per heavy atom. The number of benzene rings is 1. The highest BCUT2D eigenvalue weighted by molar-refractivity contribution is 5.87.